The van der Waals surface area contributed by atoms with Crippen LogP contribution in [0.25, 0.3) is 0 Å². The molecule has 1 N–H and O–H groups in total. The lowest BCUT2D eigenvalue weighted by Gasteiger charge is -2.18. The Bertz CT molecular complexity index is 609. The number of nitrogens with zero attached hydrogens (tertiary/aromatic N) is 2. The van der Waals surface area contributed by atoms with Crippen molar-refractivity contribution in [1.82, 2.24) is 15.1 Å². The molecule has 3 rings (SSSR count). The van der Waals surface area contributed by atoms with Gasteiger partial charge in [0.15, 0.2) is 11.5 Å². The largest absolute Gasteiger partial charge is 0.490 e. The number of ether oxygens (including phenoxy) is 2. The average molecular weight is 287 g/mol. The molecular weight excluding hydrogens is 266 g/mol. The zero-order valence-corrected chi connectivity index (χ0v) is 12.5. The van der Waals surface area contributed by atoms with E-state index in [0.29, 0.717) is 13.2 Å². The van der Waals surface area contributed by atoms with Crippen molar-refractivity contribution < 1.29 is 9.47 Å². The fourth-order valence-corrected chi connectivity index (χ4v) is 2.51. The predicted molar refractivity (Wildman–Crippen MR) is 80.8 cm³/mol. The second-order valence-corrected chi connectivity index (χ2v) is 5.34. The quantitative estimate of drug-likeness (QED) is 0.937. The van der Waals surface area contributed by atoms with Gasteiger partial charge in [-0.1, -0.05) is 6.07 Å². The van der Waals surface area contributed by atoms with Crippen molar-refractivity contribution in [3.05, 3.63) is 41.7 Å². The van der Waals surface area contributed by atoms with E-state index in [1.54, 1.807) is 0 Å². The van der Waals surface area contributed by atoms with Gasteiger partial charge in [-0.2, -0.15) is 5.10 Å². The summed E-state index contributed by atoms with van der Waals surface area (Å²) in [5, 5.41) is 7.69. The summed E-state index contributed by atoms with van der Waals surface area (Å²) in [5.41, 5.74) is 2.35. The van der Waals surface area contributed by atoms with Gasteiger partial charge in [-0.25, -0.2) is 0 Å². The molecule has 0 amide bonds. The molecule has 21 heavy (non-hydrogen) atoms. The van der Waals surface area contributed by atoms with Crippen LogP contribution in [-0.2, 0) is 6.54 Å². The Balaban J connectivity index is 1.81. The van der Waals surface area contributed by atoms with Gasteiger partial charge in [0.05, 0.1) is 32.0 Å². The fraction of sp³-hybridized carbons (Fsp3) is 0.438. The van der Waals surface area contributed by atoms with E-state index in [1.807, 2.05) is 37.1 Å². The standard InChI is InChI=1S/C16H21N3O2/c1-12-9-18-19(10-12)11-14(17-2)13-4-5-15-16(8-13)21-7-3-6-20-15/h4-5,8-10,14,17H,3,6-7,11H2,1-2H3. The molecule has 1 aromatic heterocycles. The Morgan fingerprint density at radius 1 is 1.29 bits per heavy atom. The van der Waals surface area contributed by atoms with Crippen LogP contribution in [-0.4, -0.2) is 30.0 Å². The van der Waals surface area contributed by atoms with Crippen molar-refractivity contribution in [3.63, 3.8) is 0 Å². The number of fused-ring (bicyclic) bond motifs is 1. The smallest absolute Gasteiger partial charge is 0.161 e. The van der Waals surface area contributed by atoms with Crippen molar-refractivity contribution in [2.45, 2.75) is 25.9 Å². The Hall–Kier alpha value is -2.01. The van der Waals surface area contributed by atoms with Gasteiger partial charge in [-0.05, 0) is 37.2 Å². The maximum absolute atomic E-state index is 5.76. The molecule has 0 saturated carbocycles. The third-order valence-corrected chi connectivity index (χ3v) is 3.65. The average Bonchev–Trinajstić information content (AvgIpc) is 2.76. The monoisotopic (exact) mass is 287 g/mol. The van der Waals surface area contributed by atoms with Crippen molar-refractivity contribution in [2.75, 3.05) is 20.3 Å². The first-order valence-electron chi connectivity index (χ1n) is 7.32. The van der Waals surface area contributed by atoms with Crippen molar-refractivity contribution in [1.29, 1.82) is 0 Å². The van der Waals surface area contributed by atoms with Crippen LogP contribution >= 0.6 is 0 Å². The van der Waals surface area contributed by atoms with Crippen molar-refractivity contribution in [3.8, 4) is 11.5 Å². The van der Waals surface area contributed by atoms with Crippen LogP contribution in [0, 0.1) is 6.92 Å². The summed E-state index contributed by atoms with van der Waals surface area (Å²) < 4.78 is 13.4. The van der Waals surface area contributed by atoms with E-state index in [9.17, 15) is 0 Å². The number of hydrogen-bond acceptors (Lipinski definition) is 4. The second-order valence-electron chi connectivity index (χ2n) is 5.34. The van der Waals surface area contributed by atoms with E-state index in [1.165, 1.54) is 11.1 Å². The maximum Gasteiger partial charge on any atom is 0.161 e. The molecule has 1 aliphatic rings. The van der Waals surface area contributed by atoms with Crippen LogP contribution in [0.15, 0.2) is 30.6 Å². The van der Waals surface area contributed by atoms with Gasteiger partial charge >= 0.3 is 0 Å². The molecule has 1 atom stereocenters. The molecule has 0 saturated heterocycles. The van der Waals surface area contributed by atoms with Gasteiger partial charge in [0, 0.05) is 12.6 Å². The number of aromatic nitrogens is 2. The fourth-order valence-electron chi connectivity index (χ4n) is 2.51. The summed E-state index contributed by atoms with van der Waals surface area (Å²) >= 11 is 0. The molecular formula is C16H21N3O2. The molecule has 0 bridgehead atoms. The lowest BCUT2D eigenvalue weighted by Crippen LogP contribution is -2.22. The highest BCUT2D eigenvalue weighted by atomic mass is 16.5. The lowest BCUT2D eigenvalue weighted by atomic mass is 10.1. The molecule has 1 unspecified atom stereocenters. The molecule has 0 spiro atoms. The van der Waals surface area contributed by atoms with Gasteiger partial charge in [-0.3, -0.25) is 4.68 Å². The molecule has 5 heteroatoms. The van der Waals surface area contributed by atoms with Crippen molar-refractivity contribution >= 4 is 0 Å². The molecule has 1 aliphatic heterocycles. The second kappa shape index (κ2) is 6.18. The topological polar surface area (TPSA) is 48.3 Å². The predicted octanol–water partition coefficient (Wildman–Crippen LogP) is 2.31. The molecule has 2 aromatic rings. The Labute approximate surface area is 124 Å². The van der Waals surface area contributed by atoms with Crippen LogP contribution in [0.2, 0.25) is 0 Å². The van der Waals surface area contributed by atoms with Gasteiger partial charge in [0.2, 0.25) is 0 Å². The number of aryl methyl sites for hydroxylation is 1. The number of likely N-dealkylation sites (N-methyl/N-ethyl adjacent to an activating group) is 1. The number of benzene rings is 1. The van der Waals surface area contributed by atoms with Crippen LogP contribution in [0.1, 0.15) is 23.6 Å². The summed E-state index contributed by atoms with van der Waals surface area (Å²) in [4.78, 5) is 0. The SMILES string of the molecule is CNC(Cn1cc(C)cn1)c1ccc2c(c1)OCCCO2. The molecule has 2 heterocycles. The third-order valence-electron chi connectivity index (χ3n) is 3.65. The van der Waals surface area contributed by atoms with Crippen LogP contribution in [0.5, 0.6) is 11.5 Å². The summed E-state index contributed by atoms with van der Waals surface area (Å²) in [5.74, 6) is 1.67. The summed E-state index contributed by atoms with van der Waals surface area (Å²) in [6, 6.07) is 6.33. The van der Waals surface area contributed by atoms with E-state index in [2.05, 4.69) is 22.5 Å². The Morgan fingerprint density at radius 2 is 2.10 bits per heavy atom. The van der Waals surface area contributed by atoms with E-state index in [4.69, 9.17) is 9.47 Å². The first kappa shape index (κ1) is 13.9. The molecule has 0 aliphatic carbocycles. The Morgan fingerprint density at radius 3 is 2.81 bits per heavy atom. The minimum Gasteiger partial charge on any atom is -0.490 e. The first-order chi connectivity index (χ1) is 10.3. The minimum absolute atomic E-state index is 0.182. The lowest BCUT2D eigenvalue weighted by molar-refractivity contribution is 0.297. The number of nitrogens with one attached hydrogen (secondary N) is 1. The van der Waals surface area contributed by atoms with E-state index in [-0.39, 0.29) is 6.04 Å². The summed E-state index contributed by atoms with van der Waals surface area (Å²) in [6.45, 7) is 4.25. The molecule has 0 fully saturated rings. The van der Waals surface area contributed by atoms with E-state index >= 15 is 0 Å². The van der Waals surface area contributed by atoms with Gasteiger partial charge in [0.25, 0.3) is 0 Å². The van der Waals surface area contributed by atoms with Crippen LogP contribution < -0.4 is 14.8 Å². The number of rotatable bonds is 4. The van der Waals surface area contributed by atoms with Crippen LogP contribution in [0.4, 0.5) is 0 Å². The zero-order chi connectivity index (χ0) is 14.7. The third kappa shape index (κ3) is 3.19. The highest BCUT2D eigenvalue weighted by Crippen LogP contribution is 2.32. The highest BCUT2D eigenvalue weighted by Gasteiger charge is 2.16. The Kier molecular flexibility index (Phi) is 4.10. The van der Waals surface area contributed by atoms with Gasteiger partial charge < -0.3 is 14.8 Å². The normalized spacial score (nSPS) is 15.5. The summed E-state index contributed by atoms with van der Waals surface area (Å²) in [7, 11) is 1.96. The van der Waals surface area contributed by atoms with E-state index < -0.39 is 0 Å². The van der Waals surface area contributed by atoms with Gasteiger partial charge in [-0.15, -0.1) is 0 Å². The summed E-state index contributed by atoms with van der Waals surface area (Å²) in [6.07, 6.45) is 4.85. The van der Waals surface area contributed by atoms with E-state index in [0.717, 1.165) is 24.5 Å². The molecule has 1 aromatic carbocycles. The first-order valence-corrected chi connectivity index (χ1v) is 7.32. The van der Waals surface area contributed by atoms with Gasteiger partial charge in [0.1, 0.15) is 0 Å². The van der Waals surface area contributed by atoms with Crippen LogP contribution in [0.3, 0.4) is 0 Å². The number of hydrogen-bond donors (Lipinski definition) is 1. The molecule has 112 valence electrons. The highest BCUT2D eigenvalue weighted by molar-refractivity contribution is 5.44. The minimum atomic E-state index is 0.182. The molecule has 0 radical (unpaired) electrons. The molecule has 5 nitrogen and oxygen atoms in total. The zero-order valence-electron chi connectivity index (χ0n) is 12.5. The van der Waals surface area contributed by atoms with Crippen molar-refractivity contribution in [2.24, 2.45) is 0 Å². The maximum atomic E-state index is 5.76.